The molecule has 7 heterocycles. The zero-order valence-electron chi connectivity index (χ0n) is 62.0. The zero-order valence-corrected chi connectivity index (χ0v) is 68.0. The fraction of sp³-hybridized carbons (Fsp3) is 0.592. The minimum atomic E-state index is -5.81. The van der Waals surface area contributed by atoms with Crippen molar-refractivity contribution in [2.24, 2.45) is 10.8 Å². The first-order valence-corrected chi connectivity index (χ1v) is 45.5. The number of phosphoric ester groups is 1. The van der Waals surface area contributed by atoms with Crippen molar-refractivity contribution < 1.29 is 104 Å². The lowest BCUT2D eigenvalue weighted by Crippen LogP contribution is -2.45. The van der Waals surface area contributed by atoms with Crippen molar-refractivity contribution >= 4 is 102 Å². The molecule has 5 atom stereocenters. The van der Waals surface area contributed by atoms with Crippen LogP contribution in [-0.2, 0) is 85.7 Å². The number of aromatic amines is 1. The predicted molar refractivity (Wildman–Crippen MR) is 414 cm³/mol. The summed E-state index contributed by atoms with van der Waals surface area (Å²) in [6.45, 7) is 19.1. The number of carboxylic acids is 1. The maximum atomic E-state index is 13.9. The molecule has 10 rings (SSSR count). The van der Waals surface area contributed by atoms with E-state index in [2.05, 4.69) is 90.7 Å². The van der Waals surface area contributed by atoms with Crippen LogP contribution < -0.4 is 52.0 Å². The van der Waals surface area contributed by atoms with Gasteiger partial charge in [0.2, 0.25) is 11.3 Å². The van der Waals surface area contributed by atoms with Crippen molar-refractivity contribution in [1.29, 1.82) is 0 Å². The average Bonchev–Trinajstić information content (AvgIpc) is 0.828. The van der Waals surface area contributed by atoms with Crippen LogP contribution in [-0.4, -0.2) is 185 Å². The molecule has 38 heteroatoms. The molecule has 6 aliphatic rings. The second-order valence-corrected chi connectivity index (χ2v) is 39.3. The first kappa shape index (κ1) is 85.9. The van der Waals surface area contributed by atoms with Crippen molar-refractivity contribution in [2.75, 3.05) is 115 Å². The maximum Gasteiger partial charge on any atom is 0.490 e. The number of aromatic nitrogens is 2. The molecule has 0 aliphatic carbocycles. The van der Waals surface area contributed by atoms with E-state index >= 15 is 0 Å². The lowest BCUT2D eigenvalue weighted by Gasteiger charge is -2.39. The van der Waals surface area contributed by atoms with Crippen molar-refractivity contribution in [3.63, 3.8) is 0 Å². The number of carbonyl (C=O) groups is 4. The summed E-state index contributed by atoms with van der Waals surface area (Å²) in [7, 11) is -11.0. The van der Waals surface area contributed by atoms with Crippen molar-refractivity contribution in [3.8, 4) is 23.3 Å². The molecule has 1 aromatic heterocycles. The van der Waals surface area contributed by atoms with Crippen LogP contribution in [0.15, 0.2) is 46.1 Å². The number of nitrogens with one attached hydrogen (secondary N) is 4. The van der Waals surface area contributed by atoms with Crippen LogP contribution in [0.2, 0.25) is 0 Å². The molecule has 31 nitrogen and oxygen atoms in total. The Morgan fingerprint density at radius 1 is 0.771 bits per heavy atom. The molecule has 109 heavy (non-hydrogen) atoms. The standard InChI is InChI=1S/C71H96N7O24P3S4/c1-8-106-107-44-97-55-37-58(99-56(55)39-98-104(89,90)102-105(91,92)101-103(86,87)88)78-38-48(65(81)75-67(78)84)14-9-23-74-68(85)96-42-70(4,5)40-69(2,3)41-95-43-108-109-71(6,7)22-21-57(79)72-24-30-93-32-33-94-31-25-73-64(80)47-19-20-49(66(82)83)52(36-47)59-53-34-45-15-10-26-76-28-12-17-50(60(45)76)62(53)100-63-51-18-13-29-77-27-11-16-46(61(51)77)35-54(59)63/h19-20,34-36,38,55-56,58H,8,10-13,15-18,21-33,37,39-44H2,1-7H3,(H8-,72,73,74,75,79,80,81,82,83,84,85,86,87,88,89,90,91,92)/p+1/t55?,56-,58-/m1/s1. The number of hydrogen-bond acceptors (Lipinski definition) is 24. The number of phosphoric acid groups is 3. The lowest BCUT2D eigenvalue weighted by atomic mass is 9.76. The van der Waals surface area contributed by atoms with E-state index in [4.69, 9.17) is 47.5 Å². The summed E-state index contributed by atoms with van der Waals surface area (Å²) in [6, 6.07) is 9.32. The van der Waals surface area contributed by atoms with Gasteiger partial charge in [0.15, 0.2) is 0 Å². The highest BCUT2D eigenvalue weighted by Crippen LogP contribution is 2.66. The van der Waals surface area contributed by atoms with E-state index in [0.717, 1.165) is 122 Å². The molecule has 0 spiro atoms. The van der Waals surface area contributed by atoms with E-state index in [9.17, 15) is 57.4 Å². The van der Waals surface area contributed by atoms with Gasteiger partial charge in [-0.15, -0.1) is 0 Å². The molecule has 0 radical (unpaired) electrons. The molecule has 9 N–H and O–H groups in total. The first-order valence-electron chi connectivity index (χ1n) is 36.1. The summed E-state index contributed by atoms with van der Waals surface area (Å²) < 4.78 is 93.0. The van der Waals surface area contributed by atoms with Crippen LogP contribution in [0.5, 0.6) is 11.5 Å². The number of benzene rings is 3. The Morgan fingerprint density at radius 2 is 1.48 bits per heavy atom. The molecule has 0 bridgehead atoms. The number of amides is 3. The van der Waals surface area contributed by atoms with Crippen LogP contribution in [0.1, 0.15) is 166 Å². The van der Waals surface area contributed by atoms with Gasteiger partial charge in [-0.05, 0) is 118 Å². The van der Waals surface area contributed by atoms with Crippen LogP contribution in [0.3, 0.4) is 0 Å². The molecule has 4 aromatic rings. The van der Waals surface area contributed by atoms with Crippen molar-refractivity contribution in [3.05, 3.63) is 118 Å². The number of hydrogen-bond donors (Lipinski definition) is 9. The predicted octanol–water partition coefficient (Wildman–Crippen LogP) is 8.06. The van der Waals surface area contributed by atoms with Crippen LogP contribution in [0.4, 0.5) is 10.5 Å². The van der Waals surface area contributed by atoms with Crippen molar-refractivity contribution in [1.82, 2.24) is 30.1 Å². The molecule has 0 saturated carbocycles. The number of anilines is 1. The third kappa shape index (κ3) is 24.0. The van der Waals surface area contributed by atoms with Crippen molar-refractivity contribution in [2.45, 2.75) is 149 Å². The number of alkyl carbamates (subject to hydrolysis) is 1. The summed E-state index contributed by atoms with van der Waals surface area (Å²) in [5.74, 6) is 6.58. The van der Waals surface area contributed by atoms with E-state index in [-0.39, 0.29) is 91.6 Å². The molecule has 3 unspecified atom stereocenters. The topological polar surface area (TPSA) is 410 Å². The molecule has 3 amide bonds. The van der Waals surface area contributed by atoms with Crippen LogP contribution >= 0.6 is 66.6 Å². The van der Waals surface area contributed by atoms with Gasteiger partial charge in [0.1, 0.15) is 54.4 Å². The van der Waals surface area contributed by atoms with Gasteiger partial charge in [-0.1, -0.05) is 89.6 Å². The summed E-state index contributed by atoms with van der Waals surface area (Å²) in [5, 5.41) is 21.4. The number of aryl methyl sites for hydroxylation is 2. The highest BCUT2D eigenvalue weighted by atomic mass is 33.1. The smallest absolute Gasteiger partial charge is 0.478 e. The highest BCUT2D eigenvalue weighted by molar-refractivity contribution is 8.77. The average molecular weight is 1650 g/mol. The van der Waals surface area contributed by atoms with Gasteiger partial charge in [0.05, 0.1) is 70.0 Å². The van der Waals surface area contributed by atoms with Gasteiger partial charge in [0, 0.05) is 107 Å². The molecular formula is C71H97N7O24P3S4+. The zero-order chi connectivity index (χ0) is 78.5. The van der Waals surface area contributed by atoms with E-state index in [1.807, 2.05) is 20.8 Å². The van der Waals surface area contributed by atoms with Gasteiger partial charge >= 0.3 is 41.2 Å². The Bertz CT molecular complexity index is 4500. The number of carbonyl (C=O) groups excluding carboxylic acids is 3. The van der Waals surface area contributed by atoms with Gasteiger partial charge in [-0.25, -0.2) is 32.7 Å². The largest absolute Gasteiger partial charge is 0.490 e. The molecule has 1 fully saturated rings. The molecular weight excluding hydrogens is 1560 g/mol. The Labute approximate surface area is 647 Å². The normalized spacial score (nSPS) is 18.5. The monoisotopic (exact) mass is 1650 g/mol. The third-order valence-corrected chi connectivity index (χ3v) is 27.7. The number of aromatic carboxylic acids is 1. The molecule has 3 aromatic carbocycles. The number of nitrogens with zero attached hydrogens (tertiary/aromatic N) is 3. The van der Waals surface area contributed by atoms with Gasteiger partial charge in [0.25, 0.3) is 11.5 Å². The molecule has 6 aliphatic heterocycles. The summed E-state index contributed by atoms with van der Waals surface area (Å²) >= 11 is 0. The Hall–Kier alpha value is -5.54. The minimum absolute atomic E-state index is 0.0511. The molecule has 598 valence electrons. The number of H-pyrrole nitrogens is 1. The third-order valence-electron chi connectivity index (χ3n) is 18.7. The Balaban J connectivity index is 0.592. The number of carboxylic acid groups (broad SMARTS) is 1. The molecule has 1 saturated heterocycles. The minimum Gasteiger partial charge on any atom is -0.478 e. The van der Waals surface area contributed by atoms with Crippen LogP contribution in [0.25, 0.3) is 5.57 Å². The first-order chi connectivity index (χ1) is 51.7. The van der Waals surface area contributed by atoms with E-state index < -0.39 is 77.2 Å². The summed E-state index contributed by atoms with van der Waals surface area (Å²) in [5.41, 5.74) is 6.05. The summed E-state index contributed by atoms with van der Waals surface area (Å²) in [4.78, 5) is 120. The summed E-state index contributed by atoms with van der Waals surface area (Å²) in [6.07, 6.45) is 6.17. The Kier molecular flexibility index (Phi) is 30.0. The SMILES string of the molecule is CCSSCOC1C[C@H](n2cc(C#CCNC(=O)OCC(C)(C)CC(C)(C)COCSSC(C)(C)CCC(=O)NCCOCCOCCNC(=O)c3ccc(C(=O)O)c(C4=c5cc6c7c(c5Oc5c4cc4c8c5CCCN8CCC4)CCC[N+]=7CCC6)c3)c(=O)[nH]c2=O)O[C@@H]1COP(=O)(O)OP(=O)(O)OP(=O)(O)O. The fourth-order valence-corrected chi connectivity index (χ4v) is 21.2. The number of rotatable bonds is 39. The quantitative estimate of drug-likeness (QED) is 0.00448. The second kappa shape index (κ2) is 38.1. The van der Waals surface area contributed by atoms with E-state index in [1.54, 1.807) is 39.8 Å². The van der Waals surface area contributed by atoms with E-state index in [1.165, 1.54) is 54.9 Å². The number of ether oxygens (including phenoxy) is 7. The van der Waals surface area contributed by atoms with Gasteiger partial charge in [-0.3, -0.25) is 28.5 Å². The second-order valence-electron chi connectivity index (χ2n) is 29.2. The van der Waals surface area contributed by atoms with Gasteiger partial charge in [-0.2, -0.15) is 8.62 Å². The number of fused-ring (bicyclic) bond motifs is 4. The van der Waals surface area contributed by atoms with Gasteiger partial charge < -0.3 is 78.7 Å². The van der Waals surface area contributed by atoms with E-state index in [0.29, 0.717) is 49.5 Å². The highest BCUT2D eigenvalue weighted by Gasteiger charge is 2.45. The Morgan fingerprint density at radius 3 is 2.21 bits per heavy atom. The van der Waals surface area contributed by atoms with Crippen LogP contribution in [0, 0.1) is 22.7 Å². The maximum absolute atomic E-state index is 13.9. The fourth-order valence-electron chi connectivity index (χ4n) is 14.5. The lowest BCUT2D eigenvalue weighted by molar-refractivity contribution is -0.121.